The molecule has 0 unspecified atom stereocenters. The van der Waals surface area contributed by atoms with Crippen molar-refractivity contribution in [2.24, 2.45) is 0 Å². The standard InChI is InChI=1S/C24H32FN3O2/c1-5-13-27(4)24-23(25)22(10-12-26-24)28-14-11-21(16-28)30-20-8-6-19(7-9-20)17(2)15-18(3)29/h6-10,12,17,21H,5,11,13-16H2,1-4H3/t17-,21-/m1/s1. The van der Waals surface area contributed by atoms with Gasteiger partial charge in [-0.25, -0.2) is 9.37 Å². The average Bonchev–Trinajstić information content (AvgIpc) is 3.16. The van der Waals surface area contributed by atoms with E-state index in [1.165, 1.54) is 0 Å². The van der Waals surface area contributed by atoms with E-state index in [9.17, 15) is 4.79 Å². The molecule has 0 radical (unpaired) electrons. The Morgan fingerprint density at radius 1 is 1.33 bits per heavy atom. The Morgan fingerprint density at radius 2 is 2.07 bits per heavy atom. The second-order valence-electron chi connectivity index (χ2n) is 8.24. The van der Waals surface area contributed by atoms with Crippen LogP contribution in [0.4, 0.5) is 15.9 Å². The van der Waals surface area contributed by atoms with Gasteiger partial charge in [-0.05, 0) is 43.0 Å². The number of nitrogens with zero attached hydrogens (tertiary/aromatic N) is 3. The maximum Gasteiger partial charge on any atom is 0.188 e. The summed E-state index contributed by atoms with van der Waals surface area (Å²) in [7, 11) is 1.87. The molecule has 162 valence electrons. The number of aromatic nitrogens is 1. The van der Waals surface area contributed by atoms with Crippen LogP contribution in [0.2, 0.25) is 0 Å². The summed E-state index contributed by atoms with van der Waals surface area (Å²) in [4.78, 5) is 19.4. The zero-order chi connectivity index (χ0) is 21.7. The summed E-state index contributed by atoms with van der Waals surface area (Å²) in [5.74, 6) is 1.33. The molecule has 30 heavy (non-hydrogen) atoms. The minimum Gasteiger partial charge on any atom is -0.489 e. The van der Waals surface area contributed by atoms with Gasteiger partial charge in [0.15, 0.2) is 11.6 Å². The summed E-state index contributed by atoms with van der Waals surface area (Å²) in [6.07, 6.45) is 4.01. The highest BCUT2D eigenvalue weighted by Crippen LogP contribution is 2.30. The summed E-state index contributed by atoms with van der Waals surface area (Å²) >= 11 is 0. The molecular weight excluding hydrogens is 381 g/mol. The van der Waals surface area contributed by atoms with Gasteiger partial charge in [0.25, 0.3) is 0 Å². The maximum atomic E-state index is 15.1. The molecule has 2 heterocycles. The van der Waals surface area contributed by atoms with E-state index in [0.717, 1.165) is 37.2 Å². The third-order valence-corrected chi connectivity index (χ3v) is 5.60. The topological polar surface area (TPSA) is 45.7 Å². The molecule has 5 nitrogen and oxygen atoms in total. The minimum atomic E-state index is -0.266. The molecule has 0 aliphatic carbocycles. The zero-order valence-electron chi connectivity index (χ0n) is 18.4. The van der Waals surface area contributed by atoms with E-state index in [-0.39, 0.29) is 23.6 Å². The average molecular weight is 414 g/mol. The molecule has 1 aliphatic rings. The van der Waals surface area contributed by atoms with Crippen molar-refractivity contribution in [1.29, 1.82) is 0 Å². The fourth-order valence-electron chi connectivity index (χ4n) is 4.03. The number of ether oxygens (including phenoxy) is 1. The van der Waals surface area contributed by atoms with E-state index in [4.69, 9.17) is 4.74 Å². The number of halogens is 1. The highest BCUT2D eigenvalue weighted by Gasteiger charge is 2.27. The van der Waals surface area contributed by atoms with E-state index < -0.39 is 0 Å². The first-order valence-corrected chi connectivity index (χ1v) is 10.8. The van der Waals surface area contributed by atoms with Crippen molar-refractivity contribution in [3.05, 3.63) is 47.9 Å². The van der Waals surface area contributed by atoms with Crippen molar-refractivity contribution in [3.8, 4) is 5.75 Å². The Labute approximate surface area is 178 Å². The largest absolute Gasteiger partial charge is 0.489 e. The van der Waals surface area contributed by atoms with Crippen LogP contribution in [0.5, 0.6) is 5.75 Å². The number of pyridine rings is 1. The molecule has 0 N–H and O–H groups in total. The first kappa shape index (κ1) is 22.1. The third kappa shape index (κ3) is 5.29. The molecule has 0 bridgehead atoms. The molecule has 1 saturated heterocycles. The van der Waals surface area contributed by atoms with Gasteiger partial charge in [0, 0.05) is 39.2 Å². The number of carbonyl (C=O) groups excluding carboxylic acids is 1. The van der Waals surface area contributed by atoms with Gasteiger partial charge in [0.2, 0.25) is 0 Å². The predicted molar refractivity (Wildman–Crippen MR) is 119 cm³/mol. The van der Waals surface area contributed by atoms with Crippen LogP contribution in [-0.2, 0) is 4.79 Å². The lowest BCUT2D eigenvalue weighted by Gasteiger charge is -2.23. The van der Waals surface area contributed by atoms with Crippen molar-refractivity contribution in [2.45, 2.75) is 52.1 Å². The van der Waals surface area contributed by atoms with E-state index in [2.05, 4.69) is 18.8 Å². The molecule has 2 aromatic rings. The number of Topliss-reactive ketones (excluding diaryl/α,β-unsaturated/α-hetero) is 1. The molecule has 0 spiro atoms. The smallest absolute Gasteiger partial charge is 0.188 e. The normalized spacial score (nSPS) is 17.1. The second kappa shape index (κ2) is 9.92. The lowest BCUT2D eigenvalue weighted by atomic mass is 9.96. The molecule has 1 aromatic carbocycles. The number of hydrogen-bond donors (Lipinski definition) is 0. The number of anilines is 2. The van der Waals surface area contributed by atoms with Gasteiger partial charge in [-0.2, -0.15) is 0 Å². The van der Waals surface area contributed by atoms with Crippen LogP contribution in [0.3, 0.4) is 0 Å². The molecule has 2 atom stereocenters. The Bertz CT molecular complexity index is 856. The number of ketones is 1. The monoisotopic (exact) mass is 413 g/mol. The number of hydrogen-bond acceptors (Lipinski definition) is 5. The number of benzene rings is 1. The van der Waals surface area contributed by atoms with Crippen LogP contribution in [0.1, 0.15) is 51.5 Å². The molecule has 6 heteroatoms. The van der Waals surface area contributed by atoms with E-state index in [0.29, 0.717) is 24.5 Å². The van der Waals surface area contributed by atoms with Gasteiger partial charge < -0.3 is 19.3 Å². The summed E-state index contributed by atoms with van der Waals surface area (Å²) in [6.45, 7) is 7.89. The van der Waals surface area contributed by atoms with Crippen LogP contribution in [0.25, 0.3) is 0 Å². The summed E-state index contributed by atoms with van der Waals surface area (Å²) in [5, 5.41) is 0. The van der Waals surface area contributed by atoms with Gasteiger partial charge in [0.05, 0.1) is 12.2 Å². The van der Waals surface area contributed by atoms with Crippen molar-refractivity contribution in [3.63, 3.8) is 0 Å². The highest BCUT2D eigenvalue weighted by molar-refractivity contribution is 5.76. The van der Waals surface area contributed by atoms with Gasteiger partial charge in [-0.3, -0.25) is 0 Å². The number of carbonyl (C=O) groups is 1. The van der Waals surface area contributed by atoms with Crippen LogP contribution in [0.15, 0.2) is 36.5 Å². The van der Waals surface area contributed by atoms with Gasteiger partial charge >= 0.3 is 0 Å². The zero-order valence-corrected chi connectivity index (χ0v) is 18.4. The van der Waals surface area contributed by atoms with Gasteiger partial charge in [0.1, 0.15) is 17.6 Å². The molecule has 1 aromatic heterocycles. The van der Waals surface area contributed by atoms with Crippen LogP contribution < -0.4 is 14.5 Å². The van der Waals surface area contributed by atoms with Crippen LogP contribution in [0, 0.1) is 5.82 Å². The Kier molecular flexibility index (Phi) is 7.29. The van der Waals surface area contributed by atoms with Crippen molar-refractivity contribution in [2.75, 3.05) is 36.5 Å². The first-order valence-electron chi connectivity index (χ1n) is 10.8. The molecule has 1 aliphatic heterocycles. The molecular formula is C24H32FN3O2. The maximum absolute atomic E-state index is 15.1. The highest BCUT2D eigenvalue weighted by atomic mass is 19.1. The van der Waals surface area contributed by atoms with E-state index in [1.54, 1.807) is 19.2 Å². The number of rotatable bonds is 9. The Balaban J connectivity index is 1.62. The summed E-state index contributed by atoms with van der Waals surface area (Å²) in [5.41, 5.74) is 1.72. The summed E-state index contributed by atoms with van der Waals surface area (Å²) in [6, 6.07) is 9.70. The Hall–Kier alpha value is -2.63. The minimum absolute atomic E-state index is 0.00915. The van der Waals surface area contributed by atoms with Crippen molar-refractivity contribution >= 4 is 17.3 Å². The lowest BCUT2D eigenvalue weighted by molar-refractivity contribution is -0.117. The second-order valence-corrected chi connectivity index (χ2v) is 8.24. The molecule has 1 fully saturated rings. The fraction of sp³-hybridized carbons (Fsp3) is 0.500. The van der Waals surface area contributed by atoms with E-state index in [1.807, 2.05) is 41.1 Å². The van der Waals surface area contributed by atoms with Crippen molar-refractivity contribution < 1.29 is 13.9 Å². The Morgan fingerprint density at radius 3 is 2.73 bits per heavy atom. The lowest BCUT2D eigenvalue weighted by Crippen LogP contribution is -2.27. The SMILES string of the molecule is CCCN(C)c1nccc(N2CC[C@@H](Oc3ccc([C@H](C)CC(C)=O)cc3)C2)c1F. The summed E-state index contributed by atoms with van der Waals surface area (Å²) < 4.78 is 21.2. The predicted octanol–water partition coefficient (Wildman–Crippen LogP) is 4.81. The van der Waals surface area contributed by atoms with Crippen molar-refractivity contribution in [1.82, 2.24) is 4.98 Å². The third-order valence-electron chi connectivity index (χ3n) is 5.60. The molecule has 3 rings (SSSR count). The van der Waals surface area contributed by atoms with Crippen LogP contribution in [-0.4, -0.2) is 43.6 Å². The molecule has 0 amide bonds. The quantitative estimate of drug-likeness (QED) is 0.590. The molecule has 0 saturated carbocycles. The fourth-order valence-corrected chi connectivity index (χ4v) is 4.03. The van der Waals surface area contributed by atoms with E-state index >= 15 is 4.39 Å². The first-order chi connectivity index (χ1) is 14.4. The van der Waals surface area contributed by atoms with Gasteiger partial charge in [-0.1, -0.05) is 26.0 Å². The van der Waals surface area contributed by atoms with Crippen LogP contribution >= 0.6 is 0 Å². The van der Waals surface area contributed by atoms with Gasteiger partial charge in [-0.15, -0.1) is 0 Å².